The van der Waals surface area contributed by atoms with Crippen LogP contribution in [0.4, 0.5) is 0 Å². The van der Waals surface area contributed by atoms with Gasteiger partial charge in [-0.2, -0.15) is 0 Å². The molecule has 1 heterocycles. The van der Waals surface area contributed by atoms with Gasteiger partial charge in [0, 0.05) is 11.0 Å². The molecule has 1 aromatic carbocycles. The smallest absolute Gasteiger partial charge is 0.493 e. The first-order chi connectivity index (χ1) is 11.2. The lowest BCUT2D eigenvalue weighted by molar-refractivity contribution is 0.00578. The monoisotopic (exact) mass is 347 g/mol. The van der Waals surface area contributed by atoms with Crippen LogP contribution in [0, 0.1) is 5.41 Å². The average Bonchev–Trinajstić information content (AvgIpc) is 2.63. The first kappa shape index (κ1) is 20.3. The van der Waals surface area contributed by atoms with Crippen molar-refractivity contribution in [2.45, 2.75) is 78.6 Å². The van der Waals surface area contributed by atoms with Gasteiger partial charge in [-0.1, -0.05) is 26.0 Å². The van der Waals surface area contributed by atoms with Crippen LogP contribution in [0.2, 0.25) is 0 Å². The van der Waals surface area contributed by atoms with E-state index in [4.69, 9.17) is 19.8 Å². The summed E-state index contributed by atoms with van der Waals surface area (Å²) in [5.41, 5.74) is 6.31. The molecule has 0 radical (unpaired) electrons. The van der Waals surface area contributed by atoms with Crippen LogP contribution < -0.4 is 15.9 Å². The average molecular weight is 347 g/mol. The molecule has 0 unspecified atom stereocenters. The van der Waals surface area contributed by atoms with Gasteiger partial charge in [-0.25, -0.2) is 0 Å². The fourth-order valence-corrected chi connectivity index (χ4v) is 3.26. The van der Waals surface area contributed by atoms with E-state index in [0.29, 0.717) is 6.61 Å². The highest BCUT2D eigenvalue weighted by Crippen LogP contribution is 2.36. The van der Waals surface area contributed by atoms with Crippen LogP contribution >= 0.6 is 0 Å². The molecular formula is C20H34BNO3. The predicted octanol–water partition coefficient (Wildman–Crippen LogP) is 3.52. The quantitative estimate of drug-likeness (QED) is 0.800. The van der Waals surface area contributed by atoms with Gasteiger partial charge in [-0.15, -0.1) is 0 Å². The van der Waals surface area contributed by atoms with Crippen LogP contribution in [-0.4, -0.2) is 30.5 Å². The summed E-state index contributed by atoms with van der Waals surface area (Å²) in [6, 6.07) is 7.97. The van der Waals surface area contributed by atoms with Crippen molar-refractivity contribution in [1.29, 1.82) is 0 Å². The van der Waals surface area contributed by atoms with Crippen LogP contribution in [-0.2, 0) is 9.31 Å². The van der Waals surface area contributed by atoms with Gasteiger partial charge < -0.3 is 19.8 Å². The Labute approximate surface area is 153 Å². The highest BCUT2D eigenvalue weighted by molar-refractivity contribution is 6.62. The van der Waals surface area contributed by atoms with Crippen molar-refractivity contribution in [1.82, 2.24) is 0 Å². The van der Waals surface area contributed by atoms with Crippen LogP contribution in [0.25, 0.3) is 0 Å². The molecule has 4 nitrogen and oxygen atoms in total. The van der Waals surface area contributed by atoms with Crippen molar-refractivity contribution in [2.24, 2.45) is 11.1 Å². The third kappa shape index (κ3) is 5.22. The van der Waals surface area contributed by atoms with Gasteiger partial charge >= 0.3 is 7.12 Å². The van der Waals surface area contributed by atoms with Gasteiger partial charge in [0.25, 0.3) is 0 Å². The topological polar surface area (TPSA) is 53.7 Å². The molecule has 1 saturated heterocycles. The van der Waals surface area contributed by atoms with Crippen LogP contribution in [0.5, 0.6) is 5.75 Å². The molecule has 0 aliphatic carbocycles. The first-order valence-corrected chi connectivity index (χ1v) is 9.08. The highest BCUT2D eigenvalue weighted by atomic mass is 16.7. The molecule has 25 heavy (non-hydrogen) atoms. The molecule has 2 N–H and O–H groups in total. The Morgan fingerprint density at radius 1 is 0.960 bits per heavy atom. The minimum Gasteiger partial charge on any atom is -0.493 e. The molecule has 0 saturated carbocycles. The summed E-state index contributed by atoms with van der Waals surface area (Å²) < 4.78 is 18.1. The van der Waals surface area contributed by atoms with E-state index in [0.717, 1.165) is 17.6 Å². The summed E-state index contributed by atoms with van der Waals surface area (Å²) in [7, 11) is -0.339. The van der Waals surface area contributed by atoms with Crippen LogP contribution in [0.15, 0.2) is 24.3 Å². The zero-order valence-electron chi connectivity index (χ0n) is 17.1. The maximum atomic E-state index is 6.14. The molecule has 1 fully saturated rings. The van der Waals surface area contributed by atoms with E-state index >= 15 is 0 Å². The zero-order valence-corrected chi connectivity index (χ0v) is 17.1. The molecule has 1 aliphatic heterocycles. The van der Waals surface area contributed by atoms with E-state index in [9.17, 15) is 0 Å². The lowest BCUT2D eigenvalue weighted by atomic mass is 9.79. The Morgan fingerprint density at radius 2 is 1.44 bits per heavy atom. The first-order valence-electron chi connectivity index (χ1n) is 9.08. The number of ether oxygens (including phenoxy) is 1. The second-order valence-corrected chi connectivity index (χ2v) is 9.78. The summed E-state index contributed by atoms with van der Waals surface area (Å²) in [5.74, 6) is 0.850. The standard InChI is InChI=1S/C20H34BNO3/c1-17(2,13-18(3,4)22)14-23-16-11-9-15(10-12-16)21-24-19(5,6)20(7,8)25-21/h9-12H,13-14,22H2,1-8H3. The van der Waals surface area contributed by atoms with E-state index in [2.05, 4.69) is 41.5 Å². The number of hydrogen-bond acceptors (Lipinski definition) is 4. The number of benzene rings is 1. The van der Waals surface area contributed by atoms with E-state index < -0.39 is 0 Å². The molecule has 2 rings (SSSR count). The molecule has 0 aromatic heterocycles. The van der Waals surface area contributed by atoms with Crippen LogP contribution in [0.3, 0.4) is 0 Å². The second-order valence-electron chi connectivity index (χ2n) is 9.78. The molecule has 0 atom stereocenters. The van der Waals surface area contributed by atoms with Gasteiger partial charge in [0.05, 0.1) is 17.8 Å². The lowest BCUT2D eigenvalue weighted by Gasteiger charge is -2.32. The normalized spacial score (nSPS) is 20.0. The Kier molecular flexibility index (Phi) is 5.36. The lowest BCUT2D eigenvalue weighted by Crippen LogP contribution is -2.41. The van der Waals surface area contributed by atoms with Crippen molar-refractivity contribution in [3.8, 4) is 5.75 Å². The van der Waals surface area contributed by atoms with E-state index in [1.807, 2.05) is 38.1 Å². The minimum atomic E-state index is -0.339. The van der Waals surface area contributed by atoms with Crippen molar-refractivity contribution in [3.63, 3.8) is 0 Å². The number of rotatable bonds is 6. The molecule has 0 amide bonds. The largest absolute Gasteiger partial charge is 0.494 e. The SMILES string of the molecule is CC(C)(N)CC(C)(C)COc1ccc(B2OC(C)(C)C(C)(C)O2)cc1. The summed E-state index contributed by atoms with van der Waals surface area (Å²) in [6.45, 7) is 17.3. The molecule has 1 aromatic rings. The molecule has 5 heteroatoms. The fourth-order valence-electron chi connectivity index (χ4n) is 3.26. The Morgan fingerprint density at radius 3 is 1.88 bits per heavy atom. The predicted molar refractivity (Wildman–Crippen MR) is 104 cm³/mol. The zero-order chi connectivity index (χ0) is 19.1. The summed E-state index contributed by atoms with van der Waals surface area (Å²) in [6.07, 6.45) is 0.895. The summed E-state index contributed by atoms with van der Waals surface area (Å²) >= 11 is 0. The summed E-state index contributed by atoms with van der Waals surface area (Å²) in [5, 5.41) is 0. The Bertz CT molecular complexity index is 572. The molecule has 0 spiro atoms. The molecule has 0 bridgehead atoms. The number of hydrogen-bond donors (Lipinski definition) is 1. The van der Waals surface area contributed by atoms with Crippen molar-refractivity contribution in [2.75, 3.05) is 6.61 Å². The van der Waals surface area contributed by atoms with Gasteiger partial charge in [-0.3, -0.25) is 0 Å². The Balaban J connectivity index is 1.97. The molecular weight excluding hydrogens is 313 g/mol. The summed E-state index contributed by atoms with van der Waals surface area (Å²) in [4.78, 5) is 0. The van der Waals surface area contributed by atoms with Gasteiger partial charge in [-0.05, 0) is 65.6 Å². The second kappa shape index (κ2) is 6.60. The van der Waals surface area contributed by atoms with Gasteiger partial charge in [0.1, 0.15) is 5.75 Å². The van der Waals surface area contributed by atoms with Crippen molar-refractivity contribution in [3.05, 3.63) is 24.3 Å². The van der Waals surface area contributed by atoms with Gasteiger partial charge in [0.15, 0.2) is 0 Å². The van der Waals surface area contributed by atoms with Crippen molar-refractivity contribution >= 4 is 12.6 Å². The highest BCUT2D eigenvalue weighted by Gasteiger charge is 2.51. The fraction of sp³-hybridized carbons (Fsp3) is 0.700. The molecule has 140 valence electrons. The Hall–Kier alpha value is -1.04. The van der Waals surface area contributed by atoms with Crippen molar-refractivity contribution < 1.29 is 14.0 Å². The maximum absolute atomic E-state index is 6.14. The van der Waals surface area contributed by atoms with Gasteiger partial charge in [0.2, 0.25) is 0 Å². The van der Waals surface area contributed by atoms with E-state index in [-0.39, 0.29) is 29.3 Å². The minimum absolute atomic E-state index is 0.0165. The third-order valence-corrected chi connectivity index (χ3v) is 4.97. The van der Waals surface area contributed by atoms with E-state index in [1.165, 1.54) is 0 Å². The van der Waals surface area contributed by atoms with Crippen LogP contribution in [0.1, 0.15) is 61.8 Å². The number of nitrogens with two attached hydrogens (primary N) is 1. The van der Waals surface area contributed by atoms with E-state index in [1.54, 1.807) is 0 Å². The maximum Gasteiger partial charge on any atom is 0.494 e. The molecule has 1 aliphatic rings. The third-order valence-electron chi connectivity index (χ3n) is 4.97.